The van der Waals surface area contributed by atoms with Crippen LogP contribution in [0.3, 0.4) is 0 Å². The van der Waals surface area contributed by atoms with Gasteiger partial charge in [0.1, 0.15) is 0 Å². The summed E-state index contributed by atoms with van der Waals surface area (Å²) in [6.45, 7) is 0. The van der Waals surface area contributed by atoms with Crippen molar-refractivity contribution in [1.29, 1.82) is 0 Å². The van der Waals surface area contributed by atoms with Crippen LogP contribution >= 0.6 is 15.9 Å². The highest BCUT2D eigenvalue weighted by Crippen LogP contribution is 2.18. The van der Waals surface area contributed by atoms with Crippen molar-refractivity contribution in [3.8, 4) is 0 Å². The minimum Gasteiger partial charge on any atom is -0.400 e. The highest BCUT2D eigenvalue weighted by Gasteiger charge is 1.99. The number of aliphatic hydroxyl groups excluding tert-OH is 1. The minimum atomic E-state index is 0.510. The zero-order valence-electron chi connectivity index (χ0n) is 6.99. The highest BCUT2D eigenvalue weighted by molar-refractivity contribution is 9.10. The molecular formula is C7H10BrN3O2. The Hall–Kier alpha value is -0.980. The van der Waals surface area contributed by atoms with Crippen molar-refractivity contribution in [1.82, 2.24) is 4.98 Å². The van der Waals surface area contributed by atoms with E-state index < -0.39 is 0 Å². The fourth-order valence-electron chi connectivity index (χ4n) is 0.623. The van der Waals surface area contributed by atoms with Crippen LogP contribution in [0.25, 0.3) is 0 Å². The Kier molecular flexibility index (Phi) is 6.03. The van der Waals surface area contributed by atoms with E-state index in [0.717, 1.165) is 13.4 Å². The first-order chi connectivity index (χ1) is 6.27. The lowest BCUT2D eigenvalue weighted by atomic mass is 10.3. The zero-order chi connectivity index (χ0) is 10.3. The van der Waals surface area contributed by atoms with E-state index >= 15 is 0 Å². The normalized spacial score (nSPS) is 8.31. The predicted octanol–water partition coefficient (Wildman–Crippen LogP) is 0.551. The molecule has 0 bridgehead atoms. The molecule has 0 saturated carbocycles. The third-order valence-electron chi connectivity index (χ3n) is 1.14. The summed E-state index contributed by atoms with van der Waals surface area (Å²) in [7, 11) is 1.00. The molecule has 0 spiro atoms. The summed E-state index contributed by atoms with van der Waals surface area (Å²) in [6, 6.07) is 1.63. The molecule has 1 aromatic rings. The van der Waals surface area contributed by atoms with E-state index in [-0.39, 0.29) is 0 Å². The van der Waals surface area contributed by atoms with Gasteiger partial charge in [0.2, 0.25) is 0 Å². The van der Waals surface area contributed by atoms with Gasteiger partial charge in [-0.25, -0.2) is 10.8 Å². The number of hydrogen-bond donors (Lipinski definition) is 3. The Morgan fingerprint density at radius 2 is 2.31 bits per heavy atom. The third kappa shape index (κ3) is 3.49. The Morgan fingerprint density at radius 1 is 1.69 bits per heavy atom. The van der Waals surface area contributed by atoms with Crippen molar-refractivity contribution < 1.29 is 9.90 Å². The summed E-state index contributed by atoms with van der Waals surface area (Å²) >= 11 is 3.18. The van der Waals surface area contributed by atoms with Crippen molar-refractivity contribution in [3.05, 3.63) is 22.3 Å². The lowest BCUT2D eigenvalue weighted by Crippen LogP contribution is -2.09. The summed E-state index contributed by atoms with van der Waals surface area (Å²) < 4.78 is 0.671. The molecule has 1 aromatic heterocycles. The summed E-state index contributed by atoms with van der Waals surface area (Å²) in [5, 5.41) is 7.00. The van der Waals surface area contributed by atoms with E-state index in [4.69, 9.17) is 10.9 Å². The van der Waals surface area contributed by atoms with Gasteiger partial charge in [0.25, 0.3) is 0 Å². The number of rotatable bonds is 2. The van der Waals surface area contributed by atoms with Crippen molar-refractivity contribution in [2.45, 2.75) is 0 Å². The van der Waals surface area contributed by atoms with Gasteiger partial charge in [-0.3, -0.25) is 4.79 Å². The van der Waals surface area contributed by atoms with Crippen LogP contribution in [0.2, 0.25) is 0 Å². The molecule has 0 unspecified atom stereocenters. The molecule has 4 N–H and O–H groups in total. The van der Waals surface area contributed by atoms with Crippen LogP contribution in [0.15, 0.2) is 16.7 Å². The van der Waals surface area contributed by atoms with Crippen LogP contribution in [0.1, 0.15) is 10.4 Å². The number of hydrogen-bond acceptors (Lipinski definition) is 5. The quantitative estimate of drug-likeness (QED) is 0.404. The van der Waals surface area contributed by atoms with Crippen molar-refractivity contribution in [2.75, 3.05) is 12.5 Å². The lowest BCUT2D eigenvalue weighted by molar-refractivity contribution is 0.112. The molecule has 13 heavy (non-hydrogen) atoms. The number of pyridine rings is 1. The maximum atomic E-state index is 10.2. The number of nitrogens with zero attached hydrogens (tertiary/aromatic N) is 1. The number of aliphatic hydroxyl groups is 1. The van der Waals surface area contributed by atoms with Crippen LogP contribution < -0.4 is 11.3 Å². The van der Waals surface area contributed by atoms with Gasteiger partial charge in [-0.15, -0.1) is 0 Å². The molecule has 6 heteroatoms. The number of halogens is 1. The SMILES string of the molecule is CO.NNc1ncc(C=O)cc1Br. The number of anilines is 1. The summed E-state index contributed by atoms with van der Waals surface area (Å²) in [4.78, 5) is 14.1. The number of nitrogens with one attached hydrogen (secondary N) is 1. The number of hydrazine groups is 1. The summed E-state index contributed by atoms with van der Waals surface area (Å²) in [6.07, 6.45) is 2.16. The molecule has 0 aliphatic carbocycles. The predicted molar refractivity (Wildman–Crippen MR) is 53.3 cm³/mol. The molecule has 0 aromatic carbocycles. The third-order valence-corrected chi connectivity index (χ3v) is 1.74. The number of carbonyl (C=O) groups excluding carboxylic acids is 1. The van der Waals surface area contributed by atoms with Crippen molar-refractivity contribution in [3.63, 3.8) is 0 Å². The molecule has 0 atom stereocenters. The van der Waals surface area contributed by atoms with E-state index in [1.54, 1.807) is 6.07 Å². The van der Waals surface area contributed by atoms with Gasteiger partial charge in [0, 0.05) is 18.9 Å². The Balaban J connectivity index is 0.000000671. The van der Waals surface area contributed by atoms with E-state index in [0.29, 0.717) is 15.9 Å². The molecule has 72 valence electrons. The largest absolute Gasteiger partial charge is 0.400 e. The number of nitrogens with two attached hydrogens (primary N) is 1. The molecule has 0 radical (unpaired) electrons. The number of carbonyl (C=O) groups is 1. The second-order valence-electron chi connectivity index (χ2n) is 1.86. The van der Waals surface area contributed by atoms with Gasteiger partial charge in [0.05, 0.1) is 4.47 Å². The molecule has 0 fully saturated rings. The first kappa shape index (κ1) is 12.0. The maximum absolute atomic E-state index is 10.2. The van der Waals surface area contributed by atoms with E-state index in [2.05, 4.69) is 26.3 Å². The van der Waals surface area contributed by atoms with Gasteiger partial charge < -0.3 is 10.5 Å². The summed E-state index contributed by atoms with van der Waals surface area (Å²) in [5.41, 5.74) is 2.88. The first-order valence-electron chi connectivity index (χ1n) is 3.30. The maximum Gasteiger partial charge on any atom is 0.154 e. The number of nitrogen functional groups attached to an aromatic ring is 1. The smallest absolute Gasteiger partial charge is 0.154 e. The molecule has 1 heterocycles. The van der Waals surface area contributed by atoms with Crippen LogP contribution in [0.5, 0.6) is 0 Å². The standard InChI is InChI=1S/C6H6BrN3O.CH4O/c7-5-1-4(3-11)2-9-6(5)10-8;1-2/h1-3H,8H2,(H,9,10);2H,1H3. The van der Waals surface area contributed by atoms with Crippen LogP contribution in [-0.2, 0) is 0 Å². The van der Waals surface area contributed by atoms with E-state index in [1.807, 2.05) is 0 Å². The van der Waals surface area contributed by atoms with E-state index in [1.165, 1.54) is 6.20 Å². The summed E-state index contributed by atoms with van der Waals surface area (Å²) in [5.74, 6) is 5.62. The zero-order valence-corrected chi connectivity index (χ0v) is 8.58. The van der Waals surface area contributed by atoms with Gasteiger partial charge in [-0.05, 0) is 22.0 Å². The molecule has 5 nitrogen and oxygen atoms in total. The Labute approximate surface area is 84.1 Å². The number of aromatic nitrogens is 1. The van der Waals surface area contributed by atoms with Crippen molar-refractivity contribution >= 4 is 28.0 Å². The van der Waals surface area contributed by atoms with E-state index in [9.17, 15) is 4.79 Å². The minimum absolute atomic E-state index is 0.510. The number of aldehydes is 1. The van der Waals surface area contributed by atoms with Gasteiger partial charge >= 0.3 is 0 Å². The lowest BCUT2D eigenvalue weighted by Gasteiger charge is -2.00. The van der Waals surface area contributed by atoms with Gasteiger partial charge in [-0.1, -0.05) is 0 Å². The van der Waals surface area contributed by atoms with Crippen LogP contribution in [-0.4, -0.2) is 23.5 Å². The average molecular weight is 248 g/mol. The molecule has 0 amide bonds. The van der Waals surface area contributed by atoms with Crippen LogP contribution in [0.4, 0.5) is 5.82 Å². The van der Waals surface area contributed by atoms with Crippen LogP contribution in [0, 0.1) is 0 Å². The first-order valence-corrected chi connectivity index (χ1v) is 4.09. The molecule has 0 aliphatic rings. The second kappa shape index (κ2) is 6.53. The van der Waals surface area contributed by atoms with Gasteiger partial charge in [0.15, 0.2) is 12.1 Å². The monoisotopic (exact) mass is 247 g/mol. The Bertz CT molecular complexity index is 280. The molecule has 0 saturated heterocycles. The topological polar surface area (TPSA) is 88.2 Å². The molecule has 0 aliphatic heterocycles. The molecule has 1 rings (SSSR count). The average Bonchev–Trinajstić information content (AvgIpc) is 2.20. The fraction of sp³-hybridized carbons (Fsp3) is 0.143. The van der Waals surface area contributed by atoms with Crippen molar-refractivity contribution in [2.24, 2.45) is 5.84 Å². The fourth-order valence-corrected chi connectivity index (χ4v) is 1.10. The second-order valence-corrected chi connectivity index (χ2v) is 2.72. The Morgan fingerprint density at radius 3 is 2.69 bits per heavy atom. The highest BCUT2D eigenvalue weighted by atomic mass is 79.9. The molecular weight excluding hydrogens is 238 g/mol. The van der Waals surface area contributed by atoms with Gasteiger partial charge in [-0.2, -0.15) is 0 Å².